The van der Waals surface area contributed by atoms with Crippen molar-refractivity contribution in [2.75, 3.05) is 36.4 Å². The first kappa shape index (κ1) is 19.3. The van der Waals surface area contributed by atoms with Crippen molar-refractivity contribution in [3.05, 3.63) is 60.3 Å². The third-order valence-corrected chi connectivity index (χ3v) is 5.39. The average molecular weight is 390 g/mol. The zero-order valence-electron chi connectivity index (χ0n) is 16.8. The van der Waals surface area contributed by atoms with Gasteiger partial charge in [-0.05, 0) is 67.7 Å². The normalized spacial score (nSPS) is 14.7. The summed E-state index contributed by atoms with van der Waals surface area (Å²) in [5, 5.41) is 8.73. The van der Waals surface area contributed by atoms with Gasteiger partial charge >= 0.3 is 0 Å². The molecule has 150 valence electrons. The van der Waals surface area contributed by atoms with Crippen molar-refractivity contribution in [2.45, 2.75) is 19.8 Å². The van der Waals surface area contributed by atoms with Crippen LogP contribution in [0.1, 0.15) is 30.1 Å². The SMILES string of the molecule is CCNc1nccc(N(CC2CCNCC2)C(=O)c2ccc3ccccc3c2)n1. The molecule has 0 saturated carbocycles. The van der Waals surface area contributed by atoms with Gasteiger partial charge in [0.05, 0.1) is 0 Å². The second kappa shape index (κ2) is 9.01. The maximum Gasteiger partial charge on any atom is 0.259 e. The highest BCUT2D eigenvalue weighted by Gasteiger charge is 2.24. The van der Waals surface area contributed by atoms with Crippen LogP contribution in [-0.2, 0) is 0 Å². The van der Waals surface area contributed by atoms with Crippen molar-refractivity contribution in [3.8, 4) is 0 Å². The van der Waals surface area contributed by atoms with E-state index >= 15 is 0 Å². The van der Waals surface area contributed by atoms with Crippen molar-refractivity contribution in [1.29, 1.82) is 0 Å². The van der Waals surface area contributed by atoms with Crippen LogP contribution in [0.2, 0.25) is 0 Å². The third kappa shape index (κ3) is 4.54. The molecule has 0 unspecified atom stereocenters. The fraction of sp³-hybridized carbons (Fsp3) is 0.348. The number of amides is 1. The first-order valence-electron chi connectivity index (χ1n) is 10.3. The van der Waals surface area contributed by atoms with Crippen LogP contribution in [0, 0.1) is 5.92 Å². The topological polar surface area (TPSA) is 70.2 Å². The summed E-state index contributed by atoms with van der Waals surface area (Å²) < 4.78 is 0. The maximum atomic E-state index is 13.6. The van der Waals surface area contributed by atoms with Gasteiger partial charge in [0.1, 0.15) is 5.82 Å². The lowest BCUT2D eigenvalue weighted by Crippen LogP contribution is -2.40. The Hall–Kier alpha value is -2.99. The predicted octanol–water partition coefficient (Wildman–Crippen LogP) is 3.71. The number of hydrogen-bond acceptors (Lipinski definition) is 5. The van der Waals surface area contributed by atoms with Crippen LogP contribution in [0.3, 0.4) is 0 Å². The van der Waals surface area contributed by atoms with E-state index in [-0.39, 0.29) is 5.91 Å². The van der Waals surface area contributed by atoms with E-state index in [1.807, 2.05) is 54.3 Å². The molecule has 0 bridgehead atoms. The minimum atomic E-state index is -0.0181. The second-order valence-electron chi connectivity index (χ2n) is 7.44. The number of piperidine rings is 1. The Morgan fingerprint density at radius 1 is 1.14 bits per heavy atom. The van der Waals surface area contributed by atoms with Crippen LogP contribution in [-0.4, -0.2) is 42.1 Å². The van der Waals surface area contributed by atoms with E-state index in [0.29, 0.717) is 29.8 Å². The van der Waals surface area contributed by atoms with Crippen molar-refractivity contribution in [2.24, 2.45) is 5.92 Å². The molecule has 1 fully saturated rings. The lowest BCUT2D eigenvalue weighted by molar-refractivity contribution is 0.0980. The molecule has 1 aliphatic heterocycles. The van der Waals surface area contributed by atoms with Gasteiger partial charge in [-0.25, -0.2) is 4.98 Å². The monoisotopic (exact) mass is 389 g/mol. The molecule has 2 heterocycles. The summed E-state index contributed by atoms with van der Waals surface area (Å²) in [6.45, 7) is 5.39. The lowest BCUT2D eigenvalue weighted by atomic mass is 9.97. The van der Waals surface area contributed by atoms with Gasteiger partial charge in [-0.2, -0.15) is 4.98 Å². The Kier molecular flexibility index (Phi) is 6.00. The van der Waals surface area contributed by atoms with Crippen molar-refractivity contribution in [1.82, 2.24) is 15.3 Å². The molecule has 2 aromatic carbocycles. The van der Waals surface area contributed by atoms with E-state index < -0.39 is 0 Å². The van der Waals surface area contributed by atoms with E-state index in [2.05, 4.69) is 26.7 Å². The predicted molar refractivity (Wildman–Crippen MR) is 117 cm³/mol. The Balaban J connectivity index is 1.67. The quantitative estimate of drug-likeness (QED) is 0.673. The number of carbonyl (C=O) groups is 1. The maximum absolute atomic E-state index is 13.6. The molecular formula is C23H27N5O. The molecule has 0 aliphatic carbocycles. The van der Waals surface area contributed by atoms with E-state index in [1.54, 1.807) is 6.20 Å². The largest absolute Gasteiger partial charge is 0.354 e. The Morgan fingerprint density at radius 3 is 2.72 bits per heavy atom. The molecule has 1 amide bonds. The molecule has 0 radical (unpaired) electrons. The number of carbonyl (C=O) groups excluding carboxylic acids is 1. The molecule has 0 spiro atoms. The fourth-order valence-corrected chi connectivity index (χ4v) is 3.82. The zero-order valence-corrected chi connectivity index (χ0v) is 16.8. The summed E-state index contributed by atoms with van der Waals surface area (Å²) in [7, 11) is 0. The van der Waals surface area contributed by atoms with Crippen molar-refractivity contribution < 1.29 is 4.79 Å². The van der Waals surface area contributed by atoms with E-state index in [9.17, 15) is 4.79 Å². The summed E-state index contributed by atoms with van der Waals surface area (Å²) in [6, 6.07) is 15.8. The number of rotatable bonds is 6. The minimum Gasteiger partial charge on any atom is -0.354 e. The van der Waals surface area contributed by atoms with Gasteiger partial charge in [-0.1, -0.05) is 30.3 Å². The second-order valence-corrected chi connectivity index (χ2v) is 7.44. The molecule has 29 heavy (non-hydrogen) atoms. The Bertz CT molecular complexity index is 984. The number of nitrogens with one attached hydrogen (secondary N) is 2. The average Bonchev–Trinajstić information content (AvgIpc) is 2.78. The number of benzene rings is 2. The van der Waals surface area contributed by atoms with Gasteiger partial charge in [0.15, 0.2) is 0 Å². The van der Waals surface area contributed by atoms with Gasteiger partial charge in [-0.3, -0.25) is 9.69 Å². The zero-order chi connectivity index (χ0) is 20.1. The van der Waals surface area contributed by atoms with Crippen LogP contribution in [0.5, 0.6) is 0 Å². The van der Waals surface area contributed by atoms with Crippen LogP contribution in [0.15, 0.2) is 54.7 Å². The van der Waals surface area contributed by atoms with Crippen LogP contribution >= 0.6 is 0 Å². The summed E-state index contributed by atoms with van der Waals surface area (Å²) in [5.41, 5.74) is 0.682. The summed E-state index contributed by atoms with van der Waals surface area (Å²) in [4.78, 5) is 24.2. The fourth-order valence-electron chi connectivity index (χ4n) is 3.82. The van der Waals surface area contributed by atoms with E-state index in [1.165, 1.54) is 0 Å². The van der Waals surface area contributed by atoms with E-state index in [0.717, 1.165) is 43.2 Å². The van der Waals surface area contributed by atoms with Crippen LogP contribution < -0.4 is 15.5 Å². The first-order chi connectivity index (χ1) is 14.2. The standard InChI is InChI=1S/C23H27N5O/c1-2-25-23-26-14-11-21(27-23)28(16-17-9-12-24-13-10-17)22(29)20-8-7-18-5-3-4-6-19(18)15-20/h3-8,11,14-15,17,24H,2,9-10,12-13,16H2,1H3,(H,25,26,27). The van der Waals surface area contributed by atoms with Gasteiger partial charge in [0.25, 0.3) is 5.91 Å². The molecule has 1 aliphatic rings. The van der Waals surface area contributed by atoms with Crippen molar-refractivity contribution >= 4 is 28.4 Å². The summed E-state index contributed by atoms with van der Waals surface area (Å²) >= 11 is 0. The molecule has 6 nitrogen and oxygen atoms in total. The smallest absolute Gasteiger partial charge is 0.259 e. The third-order valence-electron chi connectivity index (χ3n) is 5.39. The first-order valence-corrected chi connectivity index (χ1v) is 10.3. The summed E-state index contributed by atoms with van der Waals surface area (Å²) in [6.07, 6.45) is 3.84. The number of anilines is 2. The highest BCUT2D eigenvalue weighted by molar-refractivity contribution is 6.07. The molecular weight excluding hydrogens is 362 g/mol. The Morgan fingerprint density at radius 2 is 1.93 bits per heavy atom. The van der Waals surface area contributed by atoms with Gasteiger partial charge in [0, 0.05) is 24.8 Å². The Labute approximate surface area is 171 Å². The molecule has 4 rings (SSSR count). The minimum absolute atomic E-state index is 0.0181. The van der Waals surface area contributed by atoms with E-state index in [4.69, 9.17) is 0 Å². The van der Waals surface area contributed by atoms with Gasteiger partial charge in [-0.15, -0.1) is 0 Å². The highest BCUT2D eigenvalue weighted by atomic mass is 16.2. The number of nitrogens with zero attached hydrogens (tertiary/aromatic N) is 3. The molecule has 6 heteroatoms. The lowest BCUT2D eigenvalue weighted by Gasteiger charge is -2.30. The molecule has 3 aromatic rings. The molecule has 1 aromatic heterocycles. The highest BCUT2D eigenvalue weighted by Crippen LogP contribution is 2.23. The van der Waals surface area contributed by atoms with Crippen LogP contribution in [0.4, 0.5) is 11.8 Å². The van der Waals surface area contributed by atoms with Gasteiger partial charge in [0.2, 0.25) is 5.95 Å². The van der Waals surface area contributed by atoms with Gasteiger partial charge < -0.3 is 10.6 Å². The number of hydrogen-bond donors (Lipinski definition) is 2. The summed E-state index contributed by atoms with van der Waals surface area (Å²) in [5.74, 6) is 1.63. The molecule has 0 atom stereocenters. The number of fused-ring (bicyclic) bond motifs is 1. The van der Waals surface area contributed by atoms with Crippen molar-refractivity contribution in [3.63, 3.8) is 0 Å². The molecule has 1 saturated heterocycles. The van der Waals surface area contributed by atoms with Crippen LogP contribution in [0.25, 0.3) is 10.8 Å². The number of aromatic nitrogens is 2. The molecule has 2 N–H and O–H groups in total.